The lowest BCUT2D eigenvalue weighted by atomic mass is 10.2. The van der Waals surface area contributed by atoms with E-state index in [1.165, 1.54) is 27.4 Å². The number of anilines is 2. The van der Waals surface area contributed by atoms with Crippen LogP contribution in [0, 0.1) is 6.92 Å². The number of aromatic nitrogens is 2. The number of benzene rings is 3. The van der Waals surface area contributed by atoms with Crippen molar-refractivity contribution in [3.63, 3.8) is 0 Å². The Bertz CT molecular complexity index is 1470. The number of carbonyl (C=O) groups is 1. The van der Waals surface area contributed by atoms with Crippen LogP contribution < -0.4 is 14.4 Å². The summed E-state index contributed by atoms with van der Waals surface area (Å²) in [6.45, 7) is 1.72. The quantitative estimate of drug-likeness (QED) is 0.268. The fraction of sp³-hybridized carbons (Fsp3) is 0.160. The lowest BCUT2D eigenvalue weighted by molar-refractivity contribution is -0.122. The predicted octanol–water partition coefficient (Wildman–Crippen LogP) is 4.73. The zero-order valence-electron chi connectivity index (χ0n) is 19.2. The zero-order valence-corrected chi connectivity index (χ0v) is 21.6. The molecule has 0 fully saturated rings. The van der Waals surface area contributed by atoms with Crippen LogP contribution in [0.5, 0.6) is 5.75 Å². The summed E-state index contributed by atoms with van der Waals surface area (Å²) >= 11 is 2.78. The SMILES string of the molecule is Cc1ccc(S(=O)(=O)N2C[C@@H](C(=O)Nc3nnc(SCc4ccccc4)s3)Oc3ccccc32)cc1. The Morgan fingerprint density at radius 2 is 1.78 bits per heavy atom. The molecule has 2 heterocycles. The second-order valence-electron chi connectivity index (χ2n) is 8.06. The first-order chi connectivity index (χ1) is 17.4. The van der Waals surface area contributed by atoms with Gasteiger partial charge in [0.05, 0.1) is 17.1 Å². The van der Waals surface area contributed by atoms with Gasteiger partial charge >= 0.3 is 0 Å². The van der Waals surface area contributed by atoms with Crippen molar-refractivity contribution in [1.82, 2.24) is 10.2 Å². The predicted molar refractivity (Wildman–Crippen MR) is 141 cm³/mol. The van der Waals surface area contributed by atoms with Crippen molar-refractivity contribution in [3.8, 4) is 5.75 Å². The van der Waals surface area contributed by atoms with E-state index in [2.05, 4.69) is 15.5 Å². The van der Waals surface area contributed by atoms with Crippen molar-refractivity contribution < 1.29 is 17.9 Å². The lowest BCUT2D eigenvalue weighted by Gasteiger charge is -2.34. The Balaban J connectivity index is 1.32. The molecule has 0 radical (unpaired) electrons. The van der Waals surface area contributed by atoms with E-state index in [1.807, 2.05) is 37.3 Å². The van der Waals surface area contributed by atoms with Gasteiger partial charge in [-0.15, -0.1) is 10.2 Å². The van der Waals surface area contributed by atoms with Gasteiger partial charge in [-0.3, -0.25) is 14.4 Å². The molecule has 1 amide bonds. The lowest BCUT2D eigenvalue weighted by Crippen LogP contribution is -2.48. The standard InChI is InChI=1S/C25H22N4O4S3/c1-17-11-13-19(14-12-17)36(31,32)29-15-22(33-21-10-6-5-9-20(21)29)23(30)26-24-27-28-25(35-24)34-16-18-7-3-2-4-8-18/h2-14,22H,15-16H2,1H3,(H,26,27,30)/t22-/m0/s1. The van der Waals surface area contributed by atoms with Gasteiger partial charge in [0, 0.05) is 5.75 Å². The Kier molecular flexibility index (Phi) is 6.95. The van der Waals surface area contributed by atoms with Crippen LogP contribution in [-0.2, 0) is 20.6 Å². The van der Waals surface area contributed by atoms with E-state index in [0.29, 0.717) is 20.9 Å². The Hall–Kier alpha value is -3.41. The van der Waals surface area contributed by atoms with Gasteiger partial charge in [0.25, 0.3) is 15.9 Å². The minimum atomic E-state index is -3.92. The number of thioether (sulfide) groups is 1. The highest BCUT2D eigenvalue weighted by atomic mass is 32.2. The molecule has 1 N–H and O–H groups in total. The minimum absolute atomic E-state index is 0.146. The van der Waals surface area contributed by atoms with Crippen molar-refractivity contribution >= 4 is 49.8 Å². The topological polar surface area (TPSA) is 101 Å². The molecule has 1 aliphatic rings. The monoisotopic (exact) mass is 538 g/mol. The van der Waals surface area contributed by atoms with Gasteiger partial charge in [0.1, 0.15) is 5.75 Å². The van der Waals surface area contributed by atoms with Crippen LogP contribution in [0.2, 0.25) is 0 Å². The number of fused-ring (bicyclic) bond motifs is 1. The summed E-state index contributed by atoms with van der Waals surface area (Å²) in [5.41, 5.74) is 2.50. The average molecular weight is 539 g/mol. The Morgan fingerprint density at radius 1 is 1.06 bits per heavy atom. The van der Waals surface area contributed by atoms with Crippen LogP contribution in [0.15, 0.2) is 88.1 Å². The molecule has 36 heavy (non-hydrogen) atoms. The second kappa shape index (κ2) is 10.3. The third kappa shape index (κ3) is 5.23. The van der Waals surface area contributed by atoms with Gasteiger partial charge in [0.15, 0.2) is 10.4 Å². The maximum absolute atomic E-state index is 13.5. The van der Waals surface area contributed by atoms with Crippen LogP contribution in [0.1, 0.15) is 11.1 Å². The number of hydrogen-bond acceptors (Lipinski definition) is 8. The highest BCUT2D eigenvalue weighted by Crippen LogP contribution is 2.37. The fourth-order valence-electron chi connectivity index (χ4n) is 3.63. The summed E-state index contributed by atoms with van der Waals surface area (Å²) in [6, 6.07) is 23.4. The second-order valence-corrected chi connectivity index (χ2v) is 12.1. The van der Waals surface area contributed by atoms with Crippen LogP contribution in [0.4, 0.5) is 10.8 Å². The fourth-order valence-corrected chi connectivity index (χ4v) is 6.81. The molecule has 5 rings (SSSR count). The van der Waals surface area contributed by atoms with Gasteiger partial charge in [-0.2, -0.15) is 0 Å². The first kappa shape index (κ1) is 24.3. The molecule has 184 valence electrons. The van der Waals surface area contributed by atoms with Gasteiger partial charge in [0.2, 0.25) is 5.13 Å². The van der Waals surface area contributed by atoms with E-state index >= 15 is 0 Å². The number of hydrogen-bond donors (Lipinski definition) is 1. The number of amides is 1. The zero-order chi connectivity index (χ0) is 25.1. The molecule has 0 bridgehead atoms. The third-order valence-electron chi connectivity index (χ3n) is 5.48. The molecule has 1 atom stereocenters. The number of carbonyl (C=O) groups excluding carboxylic acids is 1. The first-order valence-electron chi connectivity index (χ1n) is 11.1. The molecule has 11 heteroatoms. The third-order valence-corrected chi connectivity index (χ3v) is 9.32. The van der Waals surface area contributed by atoms with Crippen LogP contribution in [0.25, 0.3) is 0 Å². The average Bonchev–Trinajstić information content (AvgIpc) is 3.34. The number of sulfonamides is 1. The van der Waals surface area contributed by atoms with Crippen LogP contribution in [-0.4, -0.2) is 37.2 Å². The number of rotatable bonds is 7. The number of nitrogens with one attached hydrogen (secondary N) is 1. The molecule has 1 aliphatic heterocycles. The van der Waals surface area contributed by atoms with E-state index < -0.39 is 22.0 Å². The van der Waals surface area contributed by atoms with E-state index in [0.717, 1.165) is 16.9 Å². The van der Waals surface area contributed by atoms with Gasteiger partial charge in [-0.05, 0) is 36.8 Å². The normalized spacial score (nSPS) is 15.1. The molecule has 4 aromatic rings. The summed E-state index contributed by atoms with van der Waals surface area (Å²) in [6.07, 6.45) is -1.07. The molecule has 0 unspecified atom stereocenters. The molecule has 0 saturated carbocycles. The summed E-state index contributed by atoms with van der Waals surface area (Å²) in [5.74, 6) is 0.554. The molecular weight excluding hydrogens is 517 g/mol. The van der Waals surface area contributed by atoms with Crippen molar-refractivity contribution in [2.24, 2.45) is 0 Å². The maximum atomic E-state index is 13.5. The smallest absolute Gasteiger partial charge is 0.269 e. The molecule has 3 aromatic carbocycles. The minimum Gasteiger partial charge on any atom is -0.476 e. The molecular formula is C25H22N4O4S3. The van der Waals surface area contributed by atoms with Crippen molar-refractivity contribution in [1.29, 1.82) is 0 Å². The van der Waals surface area contributed by atoms with Crippen molar-refractivity contribution in [2.75, 3.05) is 16.2 Å². The number of ether oxygens (including phenoxy) is 1. The van der Waals surface area contributed by atoms with E-state index in [-0.39, 0.29) is 11.4 Å². The molecule has 8 nitrogen and oxygen atoms in total. The maximum Gasteiger partial charge on any atom is 0.269 e. The summed E-state index contributed by atoms with van der Waals surface area (Å²) in [4.78, 5) is 13.2. The summed E-state index contributed by atoms with van der Waals surface area (Å²) < 4.78 is 34.8. The van der Waals surface area contributed by atoms with Crippen molar-refractivity contribution in [2.45, 2.75) is 28.0 Å². The number of nitrogens with zero attached hydrogens (tertiary/aromatic N) is 3. The Labute approximate surface area is 217 Å². The van der Waals surface area contributed by atoms with E-state index in [9.17, 15) is 13.2 Å². The van der Waals surface area contributed by atoms with Gasteiger partial charge in [-0.25, -0.2) is 8.42 Å². The highest BCUT2D eigenvalue weighted by molar-refractivity contribution is 8.00. The summed E-state index contributed by atoms with van der Waals surface area (Å²) in [7, 11) is -3.92. The number of aryl methyl sites for hydroxylation is 1. The van der Waals surface area contributed by atoms with Crippen molar-refractivity contribution in [3.05, 3.63) is 90.0 Å². The van der Waals surface area contributed by atoms with Crippen LogP contribution in [0.3, 0.4) is 0 Å². The van der Waals surface area contributed by atoms with E-state index in [4.69, 9.17) is 4.74 Å². The number of para-hydroxylation sites is 2. The first-order valence-corrected chi connectivity index (χ1v) is 14.3. The van der Waals surface area contributed by atoms with E-state index in [1.54, 1.807) is 48.5 Å². The molecule has 0 spiro atoms. The van der Waals surface area contributed by atoms with Gasteiger partial charge in [-0.1, -0.05) is 83.3 Å². The van der Waals surface area contributed by atoms with Gasteiger partial charge < -0.3 is 4.74 Å². The summed E-state index contributed by atoms with van der Waals surface area (Å²) in [5, 5.41) is 11.2. The molecule has 1 aromatic heterocycles. The largest absolute Gasteiger partial charge is 0.476 e. The highest BCUT2D eigenvalue weighted by Gasteiger charge is 2.37. The van der Waals surface area contributed by atoms with Crippen LogP contribution >= 0.6 is 23.1 Å². The molecule has 0 aliphatic carbocycles. The molecule has 0 saturated heterocycles. The Morgan fingerprint density at radius 3 is 2.56 bits per heavy atom.